The van der Waals surface area contributed by atoms with Crippen LogP contribution in [0, 0.1) is 0 Å². The van der Waals surface area contributed by atoms with Gasteiger partial charge < -0.3 is 19.7 Å². The number of rotatable bonds is 7. The van der Waals surface area contributed by atoms with Gasteiger partial charge in [0.1, 0.15) is 18.0 Å². The van der Waals surface area contributed by atoms with E-state index in [0.717, 1.165) is 12.1 Å². The number of carbonyl (C=O) groups excluding carboxylic acids is 1. The van der Waals surface area contributed by atoms with E-state index in [2.05, 4.69) is 15.3 Å². The zero-order chi connectivity index (χ0) is 26.6. The molecule has 202 valence electrons. The molecule has 1 aromatic heterocycles. The van der Waals surface area contributed by atoms with E-state index in [-0.39, 0.29) is 24.3 Å². The Morgan fingerprint density at radius 3 is 2.38 bits per heavy atom. The van der Waals surface area contributed by atoms with Crippen LogP contribution in [0.25, 0.3) is 0 Å². The first-order valence-corrected chi connectivity index (χ1v) is 11.9. The first-order valence-electron chi connectivity index (χ1n) is 11.9. The number of benzene rings is 1. The number of anilines is 1. The third-order valence-electron chi connectivity index (χ3n) is 6.24. The molecule has 0 saturated carbocycles. The van der Waals surface area contributed by atoms with Crippen LogP contribution >= 0.6 is 0 Å². The van der Waals surface area contributed by atoms with Gasteiger partial charge >= 0.3 is 12.4 Å². The zero-order valence-corrected chi connectivity index (χ0v) is 19.7. The largest absolute Gasteiger partial charge is 0.474 e. The summed E-state index contributed by atoms with van der Waals surface area (Å²) in [4.78, 5) is 21.6. The van der Waals surface area contributed by atoms with Crippen LogP contribution in [-0.4, -0.2) is 54.3 Å². The molecular weight excluding hydrogens is 506 g/mol. The summed E-state index contributed by atoms with van der Waals surface area (Å²) in [7, 11) is 0. The third kappa shape index (κ3) is 7.02. The van der Waals surface area contributed by atoms with Gasteiger partial charge in [0, 0.05) is 32.0 Å². The van der Waals surface area contributed by atoms with E-state index >= 15 is 0 Å². The van der Waals surface area contributed by atoms with Gasteiger partial charge in [0.25, 0.3) is 0 Å². The number of ether oxygens (including phenoxy) is 2. The molecule has 1 atom stereocenters. The van der Waals surface area contributed by atoms with Crippen molar-refractivity contribution in [1.82, 2.24) is 15.3 Å². The average Bonchev–Trinajstić information content (AvgIpc) is 3.34. The summed E-state index contributed by atoms with van der Waals surface area (Å²) in [5.74, 6) is -2.01. The fourth-order valence-corrected chi connectivity index (χ4v) is 4.33. The van der Waals surface area contributed by atoms with Crippen molar-refractivity contribution in [3.8, 4) is 5.88 Å². The predicted molar refractivity (Wildman–Crippen MR) is 120 cm³/mol. The molecule has 0 spiro atoms. The summed E-state index contributed by atoms with van der Waals surface area (Å²) in [5, 5.41) is 2.73. The molecule has 4 rings (SSSR count). The molecular formula is C24H26F6N4O3. The van der Waals surface area contributed by atoms with E-state index in [0.29, 0.717) is 57.4 Å². The van der Waals surface area contributed by atoms with Crippen molar-refractivity contribution in [1.29, 1.82) is 0 Å². The maximum Gasteiger partial charge on any atom is 0.451 e. The van der Waals surface area contributed by atoms with Crippen molar-refractivity contribution in [3.05, 3.63) is 47.3 Å². The zero-order valence-electron chi connectivity index (χ0n) is 19.7. The van der Waals surface area contributed by atoms with Gasteiger partial charge in [0.2, 0.25) is 17.6 Å². The number of nitrogens with zero attached hydrogens (tertiary/aromatic N) is 3. The number of hydrogen-bond acceptors (Lipinski definition) is 6. The Balaban J connectivity index is 1.42. The third-order valence-corrected chi connectivity index (χ3v) is 6.24. The summed E-state index contributed by atoms with van der Waals surface area (Å²) in [5.41, 5.74) is -0.151. The van der Waals surface area contributed by atoms with Gasteiger partial charge in [0.05, 0.1) is 18.8 Å². The second-order valence-corrected chi connectivity index (χ2v) is 8.90. The Morgan fingerprint density at radius 1 is 1.03 bits per heavy atom. The maximum absolute atomic E-state index is 13.5. The summed E-state index contributed by atoms with van der Waals surface area (Å²) < 4.78 is 89.7. The van der Waals surface area contributed by atoms with Crippen LogP contribution in [0.15, 0.2) is 30.3 Å². The number of nitrogens with one attached hydrogen (secondary N) is 1. The van der Waals surface area contributed by atoms with Crippen LogP contribution < -0.4 is 15.0 Å². The molecule has 0 unspecified atom stereocenters. The van der Waals surface area contributed by atoms with E-state index in [1.54, 1.807) is 0 Å². The summed E-state index contributed by atoms with van der Waals surface area (Å²) in [6.45, 7) is 1.36. The van der Waals surface area contributed by atoms with Crippen LogP contribution in [0.3, 0.4) is 0 Å². The SMILES string of the molecule is O=C(NCCc1ccc(C(F)(F)F)cc1)[C@@H]1CCCN1c1cc(OC2CCOCC2)nc(C(F)(F)F)n1. The van der Waals surface area contributed by atoms with Gasteiger partial charge in [-0.2, -0.15) is 31.3 Å². The van der Waals surface area contributed by atoms with Gasteiger partial charge in [-0.05, 0) is 37.0 Å². The molecule has 1 amide bonds. The standard InChI is InChI=1S/C24H26F6N4O3/c25-23(26,27)16-5-3-15(4-6-16)7-10-31-21(35)18-2-1-11-34(18)19-14-20(33-22(32-19)24(28,29)30)37-17-8-12-36-13-9-17/h3-6,14,17-18H,1-2,7-13H2,(H,31,35)/t18-/m0/s1. The minimum atomic E-state index is -4.80. The molecule has 1 aromatic carbocycles. The molecule has 1 N–H and O–H groups in total. The van der Waals surface area contributed by atoms with Gasteiger partial charge in [-0.3, -0.25) is 4.79 Å². The Kier molecular flexibility index (Phi) is 8.10. The monoisotopic (exact) mass is 532 g/mol. The lowest BCUT2D eigenvalue weighted by Crippen LogP contribution is -2.44. The molecule has 2 aliphatic heterocycles. The van der Waals surface area contributed by atoms with E-state index in [1.807, 2.05) is 0 Å². The van der Waals surface area contributed by atoms with E-state index in [4.69, 9.17) is 9.47 Å². The number of halogens is 6. The van der Waals surface area contributed by atoms with Crippen molar-refractivity contribution in [2.45, 2.75) is 56.6 Å². The second kappa shape index (κ2) is 11.1. The Labute approximate surface area is 209 Å². The first-order chi connectivity index (χ1) is 17.5. The molecule has 2 aromatic rings. The molecule has 3 heterocycles. The minimum Gasteiger partial charge on any atom is -0.474 e. The van der Waals surface area contributed by atoms with Crippen LogP contribution in [0.1, 0.15) is 42.6 Å². The lowest BCUT2D eigenvalue weighted by atomic mass is 10.1. The quantitative estimate of drug-likeness (QED) is 0.533. The van der Waals surface area contributed by atoms with Gasteiger partial charge in [0.15, 0.2) is 0 Å². The molecule has 2 saturated heterocycles. The Hall–Kier alpha value is -3.09. The van der Waals surface area contributed by atoms with Crippen molar-refractivity contribution in [2.24, 2.45) is 0 Å². The summed E-state index contributed by atoms with van der Waals surface area (Å²) in [6, 6.07) is 5.21. The summed E-state index contributed by atoms with van der Waals surface area (Å²) >= 11 is 0. The van der Waals surface area contributed by atoms with Crippen molar-refractivity contribution < 1.29 is 40.6 Å². The van der Waals surface area contributed by atoms with Gasteiger partial charge in [-0.25, -0.2) is 4.98 Å². The van der Waals surface area contributed by atoms with E-state index in [1.165, 1.54) is 23.1 Å². The molecule has 37 heavy (non-hydrogen) atoms. The van der Waals surface area contributed by atoms with Crippen LogP contribution in [-0.2, 0) is 28.3 Å². The van der Waals surface area contributed by atoms with Gasteiger partial charge in [-0.1, -0.05) is 12.1 Å². The maximum atomic E-state index is 13.5. The van der Waals surface area contributed by atoms with Crippen molar-refractivity contribution >= 4 is 11.7 Å². The molecule has 0 radical (unpaired) electrons. The highest BCUT2D eigenvalue weighted by molar-refractivity contribution is 5.85. The molecule has 2 fully saturated rings. The normalized spacial score (nSPS) is 19.2. The number of aromatic nitrogens is 2. The molecule has 0 aliphatic carbocycles. The smallest absolute Gasteiger partial charge is 0.451 e. The highest BCUT2D eigenvalue weighted by atomic mass is 19.4. The minimum absolute atomic E-state index is 0.0511. The van der Waals surface area contributed by atoms with Crippen molar-refractivity contribution in [3.63, 3.8) is 0 Å². The molecule has 0 bridgehead atoms. The van der Waals surface area contributed by atoms with Crippen LogP contribution in [0.2, 0.25) is 0 Å². The molecule has 13 heteroatoms. The number of alkyl halides is 6. The number of amides is 1. The molecule has 7 nitrogen and oxygen atoms in total. The highest BCUT2D eigenvalue weighted by Crippen LogP contribution is 2.33. The topological polar surface area (TPSA) is 76.6 Å². The lowest BCUT2D eigenvalue weighted by molar-refractivity contribution is -0.145. The van der Waals surface area contributed by atoms with Crippen molar-refractivity contribution in [2.75, 3.05) is 31.2 Å². The van der Waals surface area contributed by atoms with E-state index in [9.17, 15) is 31.1 Å². The van der Waals surface area contributed by atoms with Crippen LogP contribution in [0.4, 0.5) is 32.2 Å². The molecule has 2 aliphatic rings. The van der Waals surface area contributed by atoms with Crippen LogP contribution in [0.5, 0.6) is 5.88 Å². The fraction of sp³-hybridized carbons (Fsp3) is 0.542. The average molecular weight is 532 g/mol. The summed E-state index contributed by atoms with van der Waals surface area (Å²) in [6.07, 6.45) is -7.25. The lowest BCUT2D eigenvalue weighted by Gasteiger charge is -2.27. The first kappa shape index (κ1) is 27.0. The highest BCUT2D eigenvalue weighted by Gasteiger charge is 2.38. The van der Waals surface area contributed by atoms with E-state index < -0.39 is 35.7 Å². The second-order valence-electron chi connectivity index (χ2n) is 8.90. The predicted octanol–water partition coefficient (Wildman–Crippen LogP) is 4.40. The number of hydrogen-bond donors (Lipinski definition) is 1. The number of carbonyl (C=O) groups is 1. The Morgan fingerprint density at radius 2 is 1.73 bits per heavy atom. The van der Waals surface area contributed by atoms with Gasteiger partial charge in [-0.15, -0.1) is 0 Å². The Bertz CT molecular complexity index is 1070. The fourth-order valence-electron chi connectivity index (χ4n) is 4.33.